The smallest absolute Gasteiger partial charge is 0.361 e. The molecule has 0 bridgehead atoms. The van der Waals surface area contributed by atoms with E-state index in [0.717, 1.165) is 6.42 Å². The van der Waals surface area contributed by atoms with Crippen molar-refractivity contribution < 1.29 is 13.2 Å². The Bertz CT molecular complexity index is 695. The number of nitrogens with one attached hydrogen (secondary N) is 1. The number of aromatic nitrogens is 4. The van der Waals surface area contributed by atoms with E-state index in [-0.39, 0.29) is 17.7 Å². The molecule has 0 spiro atoms. The number of hydrogen-bond donors (Lipinski definition) is 1. The van der Waals surface area contributed by atoms with Crippen LogP contribution in [-0.2, 0) is 0 Å². The average Bonchev–Trinajstić information content (AvgIpc) is 3.14. The Labute approximate surface area is 151 Å². The Kier molecular flexibility index (Phi) is 6.44. The van der Waals surface area contributed by atoms with Gasteiger partial charge in [-0.2, -0.15) is 28.2 Å². The third kappa shape index (κ3) is 4.64. The molecule has 0 aromatic carbocycles. The van der Waals surface area contributed by atoms with Crippen molar-refractivity contribution >= 4 is 11.6 Å². The molecule has 0 saturated heterocycles. The monoisotopic (exact) mass is 370 g/mol. The summed E-state index contributed by atoms with van der Waals surface area (Å²) < 4.78 is 39.8. The molecule has 0 aliphatic carbocycles. The Morgan fingerprint density at radius 2 is 1.88 bits per heavy atom. The Balaban J connectivity index is 2.63. The summed E-state index contributed by atoms with van der Waals surface area (Å²) in [5.41, 5.74) is 0.705. The van der Waals surface area contributed by atoms with Crippen molar-refractivity contribution in [3.63, 3.8) is 0 Å². The first kappa shape index (κ1) is 20.0. The van der Waals surface area contributed by atoms with Gasteiger partial charge in [0.15, 0.2) is 0 Å². The average molecular weight is 370 g/mol. The quantitative estimate of drug-likeness (QED) is 0.761. The summed E-state index contributed by atoms with van der Waals surface area (Å²) >= 11 is 0. The molecular formula is C17H25F3N6. The van der Waals surface area contributed by atoms with Gasteiger partial charge in [0.1, 0.15) is 18.2 Å². The molecule has 0 radical (unpaired) electrons. The highest BCUT2D eigenvalue weighted by molar-refractivity contribution is 5.62. The summed E-state index contributed by atoms with van der Waals surface area (Å²) in [5, 5.41) is 6.58. The summed E-state index contributed by atoms with van der Waals surface area (Å²) in [6.45, 7) is 8.17. The highest BCUT2D eigenvalue weighted by atomic mass is 19.4. The van der Waals surface area contributed by atoms with Crippen LogP contribution in [-0.4, -0.2) is 45.6 Å². The second-order valence-electron chi connectivity index (χ2n) is 6.01. The molecule has 2 heterocycles. The number of nitrogens with zero attached hydrogens (tertiary/aromatic N) is 5. The van der Waals surface area contributed by atoms with Gasteiger partial charge in [0.05, 0.1) is 0 Å². The predicted octanol–water partition coefficient (Wildman–Crippen LogP) is 4.00. The van der Waals surface area contributed by atoms with Gasteiger partial charge >= 0.3 is 6.18 Å². The second-order valence-corrected chi connectivity index (χ2v) is 6.01. The molecule has 1 N–H and O–H groups in total. The lowest BCUT2D eigenvalue weighted by Crippen LogP contribution is -2.28. The standard InChI is InChI=1S/C17H25F3N6/c1-5-12(4)13-14(21-11-17(18,19)20)23-16(26-10-8-9-22-26)24-15(13)25(6-2)7-3/h8-10,12H,5-7,11H2,1-4H3,(H,21,23,24). The van der Waals surface area contributed by atoms with Crippen LogP contribution in [0.4, 0.5) is 24.8 Å². The fourth-order valence-corrected chi connectivity index (χ4v) is 2.68. The SMILES string of the molecule is CCC(C)c1c(NCC(F)(F)F)nc(-n2cccn2)nc1N(CC)CC. The van der Waals surface area contributed by atoms with Gasteiger partial charge in [-0.25, -0.2) is 4.68 Å². The van der Waals surface area contributed by atoms with E-state index in [1.54, 1.807) is 18.5 Å². The molecule has 144 valence electrons. The molecular weight excluding hydrogens is 345 g/mol. The molecule has 1 unspecified atom stereocenters. The lowest BCUT2D eigenvalue weighted by Gasteiger charge is -2.27. The minimum atomic E-state index is -4.33. The predicted molar refractivity (Wildman–Crippen MR) is 96.0 cm³/mol. The molecule has 9 heteroatoms. The molecule has 0 aliphatic rings. The van der Waals surface area contributed by atoms with Gasteiger partial charge in [0.2, 0.25) is 0 Å². The molecule has 2 aromatic heterocycles. The Morgan fingerprint density at radius 1 is 1.19 bits per heavy atom. The van der Waals surface area contributed by atoms with Crippen LogP contribution in [0.2, 0.25) is 0 Å². The zero-order valence-corrected chi connectivity index (χ0v) is 15.5. The first-order chi connectivity index (χ1) is 12.3. The van der Waals surface area contributed by atoms with E-state index in [1.807, 2.05) is 32.6 Å². The van der Waals surface area contributed by atoms with E-state index < -0.39 is 12.7 Å². The van der Waals surface area contributed by atoms with Crippen molar-refractivity contribution in [2.24, 2.45) is 0 Å². The third-order valence-electron chi connectivity index (χ3n) is 4.25. The van der Waals surface area contributed by atoms with Gasteiger partial charge in [0.25, 0.3) is 5.95 Å². The fourth-order valence-electron chi connectivity index (χ4n) is 2.68. The van der Waals surface area contributed by atoms with E-state index in [0.29, 0.717) is 24.5 Å². The maximum atomic E-state index is 12.8. The maximum Gasteiger partial charge on any atom is 0.405 e. The van der Waals surface area contributed by atoms with Gasteiger partial charge in [0, 0.05) is 31.0 Å². The van der Waals surface area contributed by atoms with Crippen LogP contribution in [0.25, 0.3) is 5.95 Å². The van der Waals surface area contributed by atoms with E-state index in [9.17, 15) is 13.2 Å². The van der Waals surface area contributed by atoms with Crippen molar-refractivity contribution in [3.05, 3.63) is 24.0 Å². The van der Waals surface area contributed by atoms with Crippen LogP contribution < -0.4 is 10.2 Å². The number of rotatable bonds is 8. The summed E-state index contributed by atoms with van der Waals surface area (Å²) in [6.07, 6.45) is -0.331. The molecule has 0 aliphatic heterocycles. The highest BCUT2D eigenvalue weighted by Crippen LogP contribution is 2.34. The second kappa shape index (κ2) is 8.37. The van der Waals surface area contributed by atoms with Gasteiger partial charge < -0.3 is 10.2 Å². The molecule has 1 atom stereocenters. The lowest BCUT2D eigenvalue weighted by atomic mass is 9.98. The van der Waals surface area contributed by atoms with Crippen LogP contribution >= 0.6 is 0 Å². The lowest BCUT2D eigenvalue weighted by molar-refractivity contribution is -0.115. The molecule has 0 saturated carbocycles. The van der Waals surface area contributed by atoms with Gasteiger partial charge in [-0.1, -0.05) is 13.8 Å². The van der Waals surface area contributed by atoms with Crippen LogP contribution in [0.5, 0.6) is 0 Å². The zero-order valence-electron chi connectivity index (χ0n) is 15.5. The van der Waals surface area contributed by atoms with Crippen LogP contribution in [0.15, 0.2) is 18.5 Å². The first-order valence-corrected chi connectivity index (χ1v) is 8.78. The molecule has 6 nitrogen and oxygen atoms in total. The summed E-state index contributed by atoms with van der Waals surface area (Å²) in [7, 11) is 0. The summed E-state index contributed by atoms with van der Waals surface area (Å²) in [6, 6.07) is 1.71. The molecule has 26 heavy (non-hydrogen) atoms. The first-order valence-electron chi connectivity index (χ1n) is 8.78. The van der Waals surface area contributed by atoms with Crippen LogP contribution in [0, 0.1) is 0 Å². The zero-order chi connectivity index (χ0) is 19.3. The van der Waals surface area contributed by atoms with Crippen molar-refractivity contribution in [2.45, 2.75) is 46.2 Å². The van der Waals surface area contributed by atoms with E-state index in [1.165, 1.54) is 4.68 Å². The summed E-state index contributed by atoms with van der Waals surface area (Å²) in [5.74, 6) is 1.11. The number of alkyl halides is 3. The van der Waals surface area contributed by atoms with Crippen molar-refractivity contribution in [3.8, 4) is 5.95 Å². The van der Waals surface area contributed by atoms with Gasteiger partial charge in [-0.3, -0.25) is 0 Å². The van der Waals surface area contributed by atoms with E-state index in [4.69, 9.17) is 0 Å². The maximum absolute atomic E-state index is 12.8. The Hall–Kier alpha value is -2.32. The molecule has 0 fully saturated rings. The van der Waals surface area contributed by atoms with Gasteiger partial charge in [-0.05, 0) is 32.3 Å². The normalized spacial score (nSPS) is 12.9. The van der Waals surface area contributed by atoms with Crippen molar-refractivity contribution in [1.82, 2.24) is 19.7 Å². The summed E-state index contributed by atoms with van der Waals surface area (Å²) in [4.78, 5) is 11.0. The van der Waals surface area contributed by atoms with Crippen molar-refractivity contribution in [2.75, 3.05) is 29.9 Å². The topological polar surface area (TPSA) is 58.9 Å². The fraction of sp³-hybridized carbons (Fsp3) is 0.588. The van der Waals surface area contributed by atoms with Crippen molar-refractivity contribution in [1.29, 1.82) is 0 Å². The van der Waals surface area contributed by atoms with E-state index in [2.05, 4.69) is 20.4 Å². The molecule has 0 amide bonds. The van der Waals surface area contributed by atoms with Crippen LogP contribution in [0.1, 0.15) is 45.6 Å². The highest BCUT2D eigenvalue weighted by Gasteiger charge is 2.29. The van der Waals surface area contributed by atoms with Crippen LogP contribution in [0.3, 0.4) is 0 Å². The minimum absolute atomic E-state index is 0.00741. The van der Waals surface area contributed by atoms with E-state index >= 15 is 0 Å². The molecule has 2 rings (SSSR count). The minimum Gasteiger partial charge on any atom is -0.361 e. The number of hydrogen-bond acceptors (Lipinski definition) is 5. The molecule has 2 aromatic rings. The largest absolute Gasteiger partial charge is 0.405 e. The van der Waals surface area contributed by atoms with Gasteiger partial charge in [-0.15, -0.1) is 0 Å². The third-order valence-corrected chi connectivity index (χ3v) is 4.25. The number of anilines is 2. The number of halogens is 3. The Morgan fingerprint density at radius 3 is 2.38 bits per heavy atom.